The monoisotopic (exact) mass is 406 g/mol. The van der Waals surface area contributed by atoms with Crippen LogP contribution in [0.25, 0.3) is 9.88 Å². The van der Waals surface area contributed by atoms with Crippen LogP contribution in [0.2, 0.25) is 0 Å². The second kappa shape index (κ2) is 8.36. The fraction of sp³-hybridized carbons (Fsp3) is 0.353. The molecule has 0 unspecified atom stereocenters. The highest BCUT2D eigenvalue weighted by atomic mass is 32.1. The maximum atomic E-state index is 12.3. The molecule has 3 aromatic heterocycles. The lowest BCUT2D eigenvalue weighted by atomic mass is 10.3. The van der Waals surface area contributed by atoms with Gasteiger partial charge in [-0.2, -0.15) is 0 Å². The third kappa shape index (κ3) is 4.54. The molecule has 1 amide bonds. The van der Waals surface area contributed by atoms with Gasteiger partial charge in [0.15, 0.2) is 5.13 Å². The number of nitrogens with one attached hydrogen (secondary N) is 1. The number of carbonyl (C=O) groups excluding carboxylic acids is 1. The standard InChI is InChI=1S/C17H18N4O2S3/c22-15(8-12-10-25-16(18-12)14-2-1-7-24-14)20-17-19-13(11-26-17)9-21-3-5-23-6-4-21/h1-2,7,10-11H,3-6,8-9H2,(H,19,20,22). The summed E-state index contributed by atoms with van der Waals surface area (Å²) in [5.74, 6) is -0.0831. The van der Waals surface area contributed by atoms with Gasteiger partial charge in [-0.1, -0.05) is 6.07 Å². The number of carbonyl (C=O) groups is 1. The van der Waals surface area contributed by atoms with E-state index in [1.54, 1.807) is 22.7 Å². The van der Waals surface area contributed by atoms with Crippen molar-refractivity contribution in [2.45, 2.75) is 13.0 Å². The van der Waals surface area contributed by atoms with E-state index < -0.39 is 0 Å². The Morgan fingerprint density at radius 1 is 1.15 bits per heavy atom. The van der Waals surface area contributed by atoms with Crippen LogP contribution in [0.5, 0.6) is 0 Å². The molecule has 0 atom stereocenters. The Hall–Kier alpha value is -1.65. The van der Waals surface area contributed by atoms with Gasteiger partial charge in [0.05, 0.1) is 35.9 Å². The Labute approximate surface area is 163 Å². The molecular weight excluding hydrogens is 388 g/mol. The summed E-state index contributed by atoms with van der Waals surface area (Å²) >= 11 is 4.69. The summed E-state index contributed by atoms with van der Waals surface area (Å²) in [6, 6.07) is 4.05. The lowest BCUT2D eigenvalue weighted by molar-refractivity contribution is -0.115. The molecule has 1 saturated heterocycles. The smallest absolute Gasteiger partial charge is 0.232 e. The molecule has 3 aromatic rings. The molecule has 4 heterocycles. The van der Waals surface area contributed by atoms with Gasteiger partial charge in [-0.05, 0) is 11.4 Å². The molecule has 1 N–H and O–H groups in total. The average molecular weight is 407 g/mol. The lowest BCUT2D eigenvalue weighted by Gasteiger charge is -2.25. The molecule has 0 bridgehead atoms. The third-order valence-electron chi connectivity index (χ3n) is 3.91. The van der Waals surface area contributed by atoms with Crippen LogP contribution in [0, 0.1) is 0 Å². The number of hydrogen-bond acceptors (Lipinski definition) is 8. The predicted octanol–water partition coefficient (Wildman–Crippen LogP) is 3.34. The Balaban J connectivity index is 1.31. The summed E-state index contributed by atoms with van der Waals surface area (Å²) in [4.78, 5) is 24.8. The first-order chi connectivity index (χ1) is 12.8. The van der Waals surface area contributed by atoms with Gasteiger partial charge in [0.1, 0.15) is 5.01 Å². The van der Waals surface area contributed by atoms with Crippen molar-refractivity contribution in [3.8, 4) is 9.88 Å². The zero-order valence-corrected chi connectivity index (χ0v) is 16.5. The summed E-state index contributed by atoms with van der Waals surface area (Å²) in [7, 11) is 0. The van der Waals surface area contributed by atoms with Gasteiger partial charge < -0.3 is 10.1 Å². The number of morpholine rings is 1. The van der Waals surface area contributed by atoms with Gasteiger partial charge in [-0.3, -0.25) is 9.69 Å². The molecule has 1 aliphatic heterocycles. The van der Waals surface area contributed by atoms with Gasteiger partial charge in [0.25, 0.3) is 0 Å². The van der Waals surface area contributed by atoms with E-state index in [-0.39, 0.29) is 12.3 Å². The quantitative estimate of drug-likeness (QED) is 0.680. The van der Waals surface area contributed by atoms with Crippen LogP contribution in [0.3, 0.4) is 0 Å². The van der Waals surface area contributed by atoms with E-state index in [0.717, 1.165) is 54.1 Å². The number of nitrogens with zero attached hydrogens (tertiary/aromatic N) is 3. The Kier molecular flexibility index (Phi) is 5.71. The molecule has 1 aliphatic rings. The highest BCUT2D eigenvalue weighted by Crippen LogP contribution is 2.28. The van der Waals surface area contributed by atoms with Crippen molar-refractivity contribution in [3.05, 3.63) is 39.7 Å². The van der Waals surface area contributed by atoms with E-state index in [1.807, 2.05) is 28.3 Å². The number of rotatable bonds is 6. The summed E-state index contributed by atoms with van der Waals surface area (Å²) in [5.41, 5.74) is 1.78. The summed E-state index contributed by atoms with van der Waals surface area (Å²) in [6.45, 7) is 4.20. The Morgan fingerprint density at radius 3 is 2.81 bits per heavy atom. The van der Waals surface area contributed by atoms with Crippen molar-refractivity contribution < 1.29 is 9.53 Å². The van der Waals surface area contributed by atoms with Gasteiger partial charge in [0, 0.05) is 30.4 Å². The van der Waals surface area contributed by atoms with Crippen molar-refractivity contribution >= 4 is 45.0 Å². The summed E-state index contributed by atoms with van der Waals surface area (Å²) < 4.78 is 5.36. The number of anilines is 1. The van der Waals surface area contributed by atoms with Gasteiger partial charge >= 0.3 is 0 Å². The minimum absolute atomic E-state index is 0.0831. The van der Waals surface area contributed by atoms with E-state index in [9.17, 15) is 4.79 Å². The first-order valence-electron chi connectivity index (χ1n) is 8.29. The number of amides is 1. The Bertz CT molecular complexity index is 853. The van der Waals surface area contributed by atoms with E-state index in [4.69, 9.17) is 4.74 Å². The van der Waals surface area contributed by atoms with Crippen LogP contribution in [-0.2, 0) is 22.5 Å². The number of thiazole rings is 2. The van der Waals surface area contributed by atoms with Crippen LogP contribution in [-0.4, -0.2) is 47.1 Å². The number of thiophene rings is 1. The fourth-order valence-electron chi connectivity index (χ4n) is 2.65. The number of hydrogen-bond donors (Lipinski definition) is 1. The van der Waals surface area contributed by atoms with E-state index in [0.29, 0.717) is 5.13 Å². The first kappa shape index (κ1) is 17.7. The maximum absolute atomic E-state index is 12.3. The minimum Gasteiger partial charge on any atom is -0.379 e. The molecule has 0 aliphatic carbocycles. The van der Waals surface area contributed by atoms with Crippen LogP contribution in [0.15, 0.2) is 28.3 Å². The summed E-state index contributed by atoms with van der Waals surface area (Å²) in [5, 5.41) is 10.5. The molecule has 26 heavy (non-hydrogen) atoms. The molecule has 0 radical (unpaired) electrons. The number of aromatic nitrogens is 2. The number of ether oxygens (including phenoxy) is 1. The first-order valence-corrected chi connectivity index (χ1v) is 10.9. The van der Waals surface area contributed by atoms with Crippen LogP contribution < -0.4 is 5.32 Å². The predicted molar refractivity (Wildman–Crippen MR) is 106 cm³/mol. The van der Waals surface area contributed by atoms with Gasteiger partial charge in [-0.25, -0.2) is 9.97 Å². The maximum Gasteiger partial charge on any atom is 0.232 e. The second-order valence-electron chi connectivity index (χ2n) is 5.88. The van der Waals surface area contributed by atoms with Crippen molar-refractivity contribution in [2.24, 2.45) is 0 Å². The zero-order chi connectivity index (χ0) is 17.8. The van der Waals surface area contributed by atoms with Crippen molar-refractivity contribution in [1.29, 1.82) is 0 Å². The van der Waals surface area contributed by atoms with Crippen LogP contribution >= 0.6 is 34.0 Å². The van der Waals surface area contributed by atoms with Gasteiger partial charge in [-0.15, -0.1) is 34.0 Å². The molecule has 136 valence electrons. The highest BCUT2D eigenvalue weighted by Gasteiger charge is 2.14. The molecule has 4 rings (SSSR count). The SMILES string of the molecule is O=C(Cc1csc(-c2cccs2)n1)Nc1nc(CN2CCOCC2)cs1. The largest absolute Gasteiger partial charge is 0.379 e. The average Bonchev–Trinajstić information content (AvgIpc) is 3.37. The normalized spacial score (nSPS) is 15.2. The third-order valence-corrected chi connectivity index (χ3v) is 6.65. The van der Waals surface area contributed by atoms with Crippen LogP contribution in [0.1, 0.15) is 11.4 Å². The summed E-state index contributed by atoms with van der Waals surface area (Å²) in [6.07, 6.45) is 0.264. The molecular formula is C17H18N4O2S3. The van der Waals surface area contributed by atoms with E-state index >= 15 is 0 Å². The molecule has 0 spiro atoms. The van der Waals surface area contributed by atoms with Gasteiger partial charge in [0.2, 0.25) is 5.91 Å². The highest BCUT2D eigenvalue weighted by molar-refractivity contribution is 7.20. The molecule has 9 heteroatoms. The minimum atomic E-state index is -0.0831. The molecule has 0 saturated carbocycles. The van der Waals surface area contributed by atoms with E-state index in [1.165, 1.54) is 11.3 Å². The molecule has 6 nitrogen and oxygen atoms in total. The van der Waals surface area contributed by atoms with E-state index in [2.05, 4.69) is 20.2 Å². The lowest BCUT2D eigenvalue weighted by Crippen LogP contribution is -2.35. The topological polar surface area (TPSA) is 67.4 Å². The zero-order valence-electron chi connectivity index (χ0n) is 14.0. The molecule has 0 aromatic carbocycles. The van der Waals surface area contributed by atoms with Crippen molar-refractivity contribution in [2.75, 3.05) is 31.6 Å². The van der Waals surface area contributed by atoms with Crippen molar-refractivity contribution in [1.82, 2.24) is 14.9 Å². The van der Waals surface area contributed by atoms with Crippen LogP contribution in [0.4, 0.5) is 5.13 Å². The Morgan fingerprint density at radius 2 is 2.00 bits per heavy atom. The fourth-order valence-corrected chi connectivity index (χ4v) is 5.01. The van der Waals surface area contributed by atoms with Crippen molar-refractivity contribution in [3.63, 3.8) is 0 Å². The second-order valence-corrected chi connectivity index (χ2v) is 8.54. The molecule has 1 fully saturated rings.